The molecule has 4 N–H and O–H groups in total. The van der Waals surface area contributed by atoms with Crippen molar-refractivity contribution in [3.8, 4) is 46.0 Å². The second-order valence-corrected chi connectivity index (χ2v) is 11.7. The van der Waals surface area contributed by atoms with Crippen molar-refractivity contribution >= 4 is 11.9 Å². The van der Waals surface area contributed by atoms with E-state index in [4.69, 9.17) is 28.4 Å². The monoisotopic (exact) mass is 690 g/mol. The number of methoxy groups -OCH3 is 4. The maximum absolute atomic E-state index is 13.2. The molecule has 4 aromatic carbocycles. The zero-order valence-corrected chi connectivity index (χ0v) is 28.4. The Kier molecular flexibility index (Phi) is 13.0. The highest BCUT2D eigenvalue weighted by molar-refractivity contribution is 5.91. The predicted molar refractivity (Wildman–Crippen MR) is 183 cm³/mol. The molecule has 0 unspecified atom stereocenters. The second-order valence-electron chi connectivity index (χ2n) is 11.7. The molecule has 0 radical (unpaired) electrons. The standard InChI is InChI=1S/C38H42O12/c1-45-33-10-23(11-34(20-33)46-2)8-25(6-5-7-49-37(43)26-14-29(39)18-30(40)15-26)28(9-24-12-35(47-3)21-36(13-24)48-4)22-50-38(44)27-16-31(41)19-32(42)17-27/h10-21,25,28,39-42H,5-9,22H2,1-4H3/t25-,28+/m0/s1. The lowest BCUT2D eigenvalue weighted by Gasteiger charge is -2.28. The summed E-state index contributed by atoms with van der Waals surface area (Å²) in [6.07, 6.45) is 1.88. The molecule has 266 valence electrons. The van der Waals surface area contributed by atoms with E-state index < -0.39 is 11.9 Å². The topological polar surface area (TPSA) is 170 Å². The molecule has 12 nitrogen and oxygen atoms in total. The van der Waals surface area contributed by atoms with Crippen molar-refractivity contribution in [3.63, 3.8) is 0 Å². The van der Waals surface area contributed by atoms with E-state index >= 15 is 0 Å². The van der Waals surface area contributed by atoms with Gasteiger partial charge in [-0.05, 0) is 91.3 Å². The summed E-state index contributed by atoms with van der Waals surface area (Å²) in [7, 11) is 6.24. The van der Waals surface area contributed by atoms with Gasteiger partial charge in [-0.25, -0.2) is 9.59 Å². The van der Waals surface area contributed by atoms with Crippen molar-refractivity contribution in [2.45, 2.75) is 25.7 Å². The lowest BCUT2D eigenvalue weighted by molar-refractivity contribution is 0.0361. The van der Waals surface area contributed by atoms with Gasteiger partial charge in [-0.3, -0.25) is 0 Å². The molecule has 50 heavy (non-hydrogen) atoms. The van der Waals surface area contributed by atoms with Gasteiger partial charge in [0.1, 0.15) is 46.0 Å². The average molecular weight is 691 g/mol. The van der Waals surface area contributed by atoms with Gasteiger partial charge in [0.15, 0.2) is 0 Å². The van der Waals surface area contributed by atoms with Crippen molar-refractivity contribution in [3.05, 3.63) is 95.1 Å². The molecule has 0 amide bonds. The summed E-state index contributed by atoms with van der Waals surface area (Å²) in [5.41, 5.74) is 1.76. The summed E-state index contributed by atoms with van der Waals surface area (Å²) in [6, 6.07) is 18.2. The van der Waals surface area contributed by atoms with Gasteiger partial charge < -0.3 is 48.8 Å². The average Bonchev–Trinajstić information content (AvgIpc) is 3.09. The first-order valence-electron chi connectivity index (χ1n) is 15.8. The van der Waals surface area contributed by atoms with Crippen LogP contribution in [-0.4, -0.2) is 74.0 Å². The molecule has 0 bridgehead atoms. The summed E-state index contributed by atoms with van der Waals surface area (Å²) in [4.78, 5) is 25.9. The molecule has 0 spiro atoms. The van der Waals surface area contributed by atoms with Gasteiger partial charge in [-0.2, -0.15) is 0 Å². The van der Waals surface area contributed by atoms with Crippen molar-refractivity contribution in [1.29, 1.82) is 0 Å². The van der Waals surface area contributed by atoms with Crippen molar-refractivity contribution in [2.75, 3.05) is 41.7 Å². The van der Waals surface area contributed by atoms with Crippen LogP contribution in [-0.2, 0) is 22.3 Å². The molecule has 0 saturated carbocycles. The van der Waals surface area contributed by atoms with Gasteiger partial charge in [0.2, 0.25) is 0 Å². The summed E-state index contributed by atoms with van der Waals surface area (Å²) in [5.74, 6) is -0.616. The van der Waals surface area contributed by atoms with Crippen LogP contribution in [0.5, 0.6) is 46.0 Å². The number of carbonyl (C=O) groups is 2. The lowest BCUT2D eigenvalue weighted by atomic mass is 9.80. The van der Waals surface area contributed by atoms with E-state index in [-0.39, 0.29) is 59.2 Å². The number of ether oxygens (including phenoxy) is 6. The van der Waals surface area contributed by atoms with E-state index in [1.54, 1.807) is 40.6 Å². The quantitative estimate of drug-likeness (QED) is 0.0748. The normalized spacial score (nSPS) is 12.0. The number of esters is 2. The smallest absolute Gasteiger partial charge is 0.338 e. The van der Waals surface area contributed by atoms with E-state index in [0.717, 1.165) is 23.3 Å². The maximum atomic E-state index is 13.2. The van der Waals surface area contributed by atoms with Gasteiger partial charge in [0.05, 0.1) is 52.8 Å². The van der Waals surface area contributed by atoms with Crippen LogP contribution in [0.3, 0.4) is 0 Å². The molecule has 0 aromatic heterocycles. The highest BCUT2D eigenvalue weighted by Gasteiger charge is 2.26. The zero-order valence-electron chi connectivity index (χ0n) is 28.4. The third-order valence-corrected chi connectivity index (χ3v) is 8.14. The van der Waals surface area contributed by atoms with Crippen molar-refractivity contribution in [2.24, 2.45) is 11.8 Å². The molecule has 0 aliphatic rings. The first-order chi connectivity index (χ1) is 24.0. The van der Waals surface area contributed by atoms with Crippen LogP contribution in [0.25, 0.3) is 0 Å². The molecule has 0 saturated heterocycles. The Hall–Kier alpha value is -5.78. The number of rotatable bonds is 17. The van der Waals surface area contributed by atoms with Crippen LogP contribution in [0.2, 0.25) is 0 Å². The summed E-state index contributed by atoms with van der Waals surface area (Å²) in [6.45, 7) is -0.00184. The van der Waals surface area contributed by atoms with E-state index in [2.05, 4.69) is 0 Å². The zero-order chi connectivity index (χ0) is 36.2. The van der Waals surface area contributed by atoms with Gasteiger partial charge in [-0.1, -0.05) is 0 Å². The molecule has 0 aliphatic carbocycles. The number of hydrogen-bond donors (Lipinski definition) is 4. The van der Waals surface area contributed by atoms with Gasteiger partial charge in [0.25, 0.3) is 0 Å². The molecular weight excluding hydrogens is 648 g/mol. The number of phenols is 4. The van der Waals surface area contributed by atoms with Crippen LogP contribution < -0.4 is 18.9 Å². The first-order valence-corrected chi connectivity index (χ1v) is 15.8. The van der Waals surface area contributed by atoms with Crippen LogP contribution in [0.15, 0.2) is 72.8 Å². The number of hydrogen-bond acceptors (Lipinski definition) is 12. The number of aromatic hydroxyl groups is 4. The Bertz CT molecular complexity index is 1680. The maximum Gasteiger partial charge on any atom is 0.338 e. The summed E-state index contributed by atoms with van der Waals surface area (Å²) in [5, 5.41) is 39.4. The highest BCUT2D eigenvalue weighted by atomic mass is 16.5. The number of benzene rings is 4. The summed E-state index contributed by atoms with van der Waals surface area (Å²) >= 11 is 0. The van der Waals surface area contributed by atoms with Crippen molar-refractivity contribution < 1.29 is 58.4 Å². The molecule has 4 aromatic rings. The fraction of sp³-hybridized carbons (Fsp3) is 0.316. The van der Waals surface area contributed by atoms with Crippen molar-refractivity contribution in [1.82, 2.24) is 0 Å². The SMILES string of the molecule is COc1cc(C[C@H](CCCOC(=O)c2cc(O)cc(O)c2)[C@@H](COC(=O)c2cc(O)cc(O)c2)Cc2cc(OC)cc(OC)c2)cc(OC)c1. The Labute approximate surface area is 290 Å². The fourth-order valence-electron chi connectivity index (χ4n) is 5.73. The van der Waals surface area contributed by atoms with Crippen LogP contribution >= 0.6 is 0 Å². The molecule has 0 fully saturated rings. The Morgan fingerprint density at radius 2 is 0.900 bits per heavy atom. The molecule has 12 heteroatoms. The van der Waals surface area contributed by atoms with E-state index in [9.17, 15) is 30.0 Å². The van der Waals surface area contributed by atoms with E-state index in [1.165, 1.54) is 24.3 Å². The molecule has 4 rings (SSSR count). The largest absolute Gasteiger partial charge is 0.508 e. The first kappa shape index (κ1) is 37.0. The fourth-order valence-corrected chi connectivity index (χ4v) is 5.73. The minimum Gasteiger partial charge on any atom is -0.508 e. The summed E-state index contributed by atoms with van der Waals surface area (Å²) < 4.78 is 33.3. The highest BCUT2D eigenvalue weighted by Crippen LogP contribution is 2.33. The van der Waals surface area contributed by atoms with Crippen LogP contribution in [0, 0.1) is 11.8 Å². The number of carbonyl (C=O) groups excluding carboxylic acids is 2. The Morgan fingerprint density at radius 3 is 1.30 bits per heavy atom. The Morgan fingerprint density at radius 1 is 0.520 bits per heavy atom. The number of phenolic OH excluding ortho intramolecular Hbond substituents is 4. The molecular formula is C38H42O12. The third kappa shape index (κ3) is 10.6. The van der Waals surface area contributed by atoms with Crippen LogP contribution in [0.4, 0.5) is 0 Å². The molecule has 0 heterocycles. The minimum absolute atomic E-state index is 0.0109. The third-order valence-electron chi connectivity index (χ3n) is 8.14. The molecule has 2 atom stereocenters. The Balaban J connectivity index is 1.64. The van der Waals surface area contributed by atoms with E-state index in [1.807, 2.05) is 24.3 Å². The lowest BCUT2D eigenvalue weighted by Crippen LogP contribution is -2.27. The minimum atomic E-state index is -0.727. The van der Waals surface area contributed by atoms with E-state index in [0.29, 0.717) is 48.7 Å². The van der Waals surface area contributed by atoms with Gasteiger partial charge in [-0.15, -0.1) is 0 Å². The molecule has 0 aliphatic heterocycles. The second kappa shape index (κ2) is 17.6. The predicted octanol–water partition coefficient (Wildman–Crippen LogP) is 6.06. The van der Waals surface area contributed by atoms with Gasteiger partial charge >= 0.3 is 11.9 Å². The van der Waals surface area contributed by atoms with Gasteiger partial charge in [0, 0.05) is 30.2 Å². The van der Waals surface area contributed by atoms with Crippen LogP contribution in [0.1, 0.15) is 44.7 Å².